The number of cyclic esters (lactones) is 1. The summed E-state index contributed by atoms with van der Waals surface area (Å²) in [7, 11) is 0. The van der Waals surface area contributed by atoms with Crippen molar-refractivity contribution in [3.63, 3.8) is 0 Å². The molecule has 0 radical (unpaired) electrons. The molecule has 2 saturated heterocycles. The molecule has 0 spiro atoms. The zero-order chi connectivity index (χ0) is 25.9. The lowest BCUT2D eigenvalue weighted by atomic mass is 9.84. The minimum atomic E-state index is -0.765. The molecular formula is C28H33ClN2O5. The minimum Gasteiger partial charge on any atom is -0.447 e. The van der Waals surface area contributed by atoms with Gasteiger partial charge in [0.1, 0.15) is 12.2 Å². The van der Waals surface area contributed by atoms with Gasteiger partial charge in [-0.15, -0.1) is 0 Å². The van der Waals surface area contributed by atoms with Crippen molar-refractivity contribution >= 4 is 29.7 Å². The van der Waals surface area contributed by atoms with E-state index < -0.39 is 35.8 Å². The van der Waals surface area contributed by atoms with Gasteiger partial charge in [0.05, 0.1) is 18.0 Å². The monoisotopic (exact) mass is 512 g/mol. The average molecular weight is 513 g/mol. The average Bonchev–Trinajstić information content (AvgIpc) is 3.20. The van der Waals surface area contributed by atoms with Gasteiger partial charge in [-0.1, -0.05) is 54.1 Å². The quantitative estimate of drug-likeness (QED) is 0.505. The van der Waals surface area contributed by atoms with Crippen molar-refractivity contribution in [1.82, 2.24) is 9.80 Å². The maximum absolute atomic E-state index is 14.2. The maximum atomic E-state index is 14.2. The second kappa shape index (κ2) is 10.9. The van der Waals surface area contributed by atoms with E-state index in [1.807, 2.05) is 51.1 Å². The predicted molar refractivity (Wildman–Crippen MR) is 137 cm³/mol. The van der Waals surface area contributed by atoms with E-state index in [4.69, 9.17) is 21.1 Å². The lowest BCUT2D eigenvalue weighted by Crippen LogP contribution is -2.53. The molecule has 4 rings (SSSR count). The molecule has 0 bridgehead atoms. The Morgan fingerprint density at radius 1 is 1.08 bits per heavy atom. The SMILES string of the molecule is CC(C)(C)OC(=O)N1CCCCC1[C@@H](C(=O)N1C(=O)OC[C@H]1Cc1ccccc1)c1ccc(Cl)cc1. The van der Waals surface area contributed by atoms with Crippen molar-refractivity contribution in [2.24, 2.45) is 0 Å². The van der Waals surface area contributed by atoms with E-state index in [2.05, 4.69) is 0 Å². The third-order valence-electron chi connectivity index (χ3n) is 6.57. The van der Waals surface area contributed by atoms with Crippen LogP contribution in [0.4, 0.5) is 9.59 Å². The van der Waals surface area contributed by atoms with Crippen LogP contribution in [0.25, 0.3) is 0 Å². The number of ether oxygens (including phenoxy) is 2. The van der Waals surface area contributed by atoms with Crippen LogP contribution in [0, 0.1) is 0 Å². The number of carbonyl (C=O) groups excluding carboxylic acids is 3. The van der Waals surface area contributed by atoms with Crippen LogP contribution in [-0.4, -0.2) is 58.7 Å². The number of carbonyl (C=O) groups is 3. The highest BCUT2D eigenvalue weighted by atomic mass is 35.5. The van der Waals surface area contributed by atoms with E-state index >= 15 is 0 Å². The molecule has 0 aromatic heterocycles. The van der Waals surface area contributed by atoms with Crippen molar-refractivity contribution in [1.29, 1.82) is 0 Å². The summed E-state index contributed by atoms with van der Waals surface area (Å²) < 4.78 is 11.0. The molecule has 1 unspecified atom stereocenters. The molecule has 3 atom stereocenters. The van der Waals surface area contributed by atoms with E-state index in [9.17, 15) is 14.4 Å². The molecule has 2 heterocycles. The van der Waals surface area contributed by atoms with E-state index in [1.165, 1.54) is 4.90 Å². The summed E-state index contributed by atoms with van der Waals surface area (Å²) in [4.78, 5) is 43.1. The highest BCUT2D eigenvalue weighted by Crippen LogP contribution is 2.35. The van der Waals surface area contributed by atoms with E-state index in [-0.39, 0.29) is 12.5 Å². The predicted octanol–water partition coefficient (Wildman–Crippen LogP) is 5.80. The van der Waals surface area contributed by atoms with Crippen molar-refractivity contribution in [2.45, 2.75) is 70.1 Å². The van der Waals surface area contributed by atoms with Crippen molar-refractivity contribution in [3.8, 4) is 0 Å². The number of piperidine rings is 1. The van der Waals surface area contributed by atoms with Crippen LogP contribution in [0.1, 0.15) is 57.1 Å². The fourth-order valence-electron chi connectivity index (χ4n) is 4.97. The molecule has 2 aliphatic heterocycles. The summed E-state index contributed by atoms with van der Waals surface area (Å²) in [5.41, 5.74) is 1.04. The second-order valence-corrected chi connectivity index (χ2v) is 10.8. The summed E-state index contributed by atoms with van der Waals surface area (Å²) in [6, 6.07) is 15.8. The highest BCUT2D eigenvalue weighted by molar-refractivity contribution is 6.30. The summed E-state index contributed by atoms with van der Waals surface area (Å²) in [5, 5.41) is 0.542. The van der Waals surface area contributed by atoms with Crippen LogP contribution in [0.5, 0.6) is 0 Å². The Balaban J connectivity index is 1.69. The Hall–Kier alpha value is -3.06. The molecule has 3 amide bonds. The molecule has 8 heteroatoms. The third kappa shape index (κ3) is 6.01. The first-order valence-corrected chi connectivity index (χ1v) is 12.8. The highest BCUT2D eigenvalue weighted by Gasteiger charge is 2.46. The van der Waals surface area contributed by atoms with Crippen molar-refractivity contribution in [3.05, 3.63) is 70.7 Å². The van der Waals surface area contributed by atoms with E-state index in [0.717, 1.165) is 18.4 Å². The van der Waals surface area contributed by atoms with Gasteiger partial charge in [0, 0.05) is 11.6 Å². The van der Waals surface area contributed by atoms with Gasteiger partial charge in [-0.25, -0.2) is 14.5 Å². The van der Waals surface area contributed by atoms with Crippen LogP contribution in [-0.2, 0) is 20.7 Å². The molecule has 2 aliphatic rings. The topological polar surface area (TPSA) is 76.2 Å². The Morgan fingerprint density at radius 2 is 1.78 bits per heavy atom. The van der Waals surface area contributed by atoms with Crippen LogP contribution >= 0.6 is 11.6 Å². The Kier molecular flexibility index (Phi) is 7.88. The first kappa shape index (κ1) is 26.0. The minimum absolute atomic E-state index is 0.132. The van der Waals surface area contributed by atoms with Gasteiger partial charge in [-0.05, 0) is 69.7 Å². The maximum Gasteiger partial charge on any atom is 0.417 e. The lowest BCUT2D eigenvalue weighted by molar-refractivity contribution is -0.132. The number of nitrogens with zero attached hydrogens (tertiary/aromatic N) is 2. The molecule has 2 aromatic rings. The van der Waals surface area contributed by atoms with Crippen LogP contribution in [0.15, 0.2) is 54.6 Å². The summed E-state index contributed by atoms with van der Waals surface area (Å²) in [6.45, 7) is 6.07. The van der Waals surface area contributed by atoms with Crippen molar-refractivity contribution < 1.29 is 23.9 Å². The molecular weight excluding hydrogens is 480 g/mol. The number of likely N-dealkylation sites (tertiary alicyclic amines) is 1. The Labute approximate surface area is 217 Å². The van der Waals surface area contributed by atoms with E-state index in [0.29, 0.717) is 30.0 Å². The number of benzene rings is 2. The first-order valence-electron chi connectivity index (χ1n) is 12.4. The van der Waals surface area contributed by atoms with Crippen LogP contribution in [0.3, 0.4) is 0 Å². The van der Waals surface area contributed by atoms with Gasteiger partial charge < -0.3 is 14.4 Å². The number of hydrogen-bond donors (Lipinski definition) is 0. The normalized spacial score (nSPS) is 21.2. The molecule has 2 aromatic carbocycles. The number of hydrogen-bond acceptors (Lipinski definition) is 5. The standard InChI is InChI=1S/C28H33ClN2O5/c1-28(2,3)36-26(33)30-16-8-7-11-23(30)24(20-12-14-21(29)15-13-20)25(32)31-22(18-35-27(31)34)17-19-9-5-4-6-10-19/h4-6,9-10,12-15,22-24H,7-8,11,16-18H2,1-3H3/t22-,23?,24+/m1/s1. The smallest absolute Gasteiger partial charge is 0.417 e. The van der Waals surface area contributed by atoms with Gasteiger partial charge >= 0.3 is 12.2 Å². The lowest BCUT2D eigenvalue weighted by Gasteiger charge is -2.41. The number of rotatable bonds is 5. The zero-order valence-corrected chi connectivity index (χ0v) is 21.7. The summed E-state index contributed by atoms with van der Waals surface area (Å²) in [5.74, 6) is -1.14. The first-order chi connectivity index (χ1) is 17.1. The summed E-state index contributed by atoms with van der Waals surface area (Å²) >= 11 is 6.14. The Bertz CT molecular complexity index is 1080. The summed E-state index contributed by atoms with van der Waals surface area (Å²) in [6.07, 6.45) is 1.68. The molecule has 0 saturated carbocycles. The molecule has 0 aliphatic carbocycles. The van der Waals surface area contributed by atoms with Gasteiger partial charge in [0.15, 0.2) is 0 Å². The molecule has 36 heavy (non-hydrogen) atoms. The van der Waals surface area contributed by atoms with Gasteiger partial charge in [0.25, 0.3) is 0 Å². The second-order valence-electron chi connectivity index (χ2n) is 10.4. The van der Waals surface area contributed by atoms with Gasteiger partial charge in [-0.3, -0.25) is 4.79 Å². The molecule has 0 N–H and O–H groups in total. The van der Waals surface area contributed by atoms with Crippen LogP contribution < -0.4 is 0 Å². The van der Waals surface area contributed by atoms with Gasteiger partial charge in [-0.2, -0.15) is 0 Å². The molecule has 192 valence electrons. The van der Waals surface area contributed by atoms with E-state index in [1.54, 1.807) is 29.2 Å². The molecule has 7 nitrogen and oxygen atoms in total. The Morgan fingerprint density at radius 3 is 2.44 bits per heavy atom. The fourth-order valence-corrected chi connectivity index (χ4v) is 5.09. The third-order valence-corrected chi connectivity index (χ3v) is 6.82. The largest absolute Gasteiger partial charge is 0.447 e. The van der Waals surface area contributed by atoms with Crippen molar-refractivity contribution in [2.75, 3.05) is 13.2 Å². The zero-order valence-electron chi connectivity index (χ0n) is 21.0. The number of halogens is 1. The molecule has 2 fully saturated rings. The van der Waals surface area contributed by atoms with Crippen LogP contribution in [0.2, 0.25) is 5.02 Å². The fraction of sp³-hybridized carbons (Fsp3) is 0.464. The number of amides is 3. The van der Waals surface area contributed by atoms with Gasteiger partial charge in [0.2, 0.25) is 5.91 Å². The number of imide groups is 1.